The Balaban J connectivity index is 2.35. The molecule has 1 N–H and O–H groups in total. The number of rotatable bonds is 4. The van der Waals surface area contributed by atoms with Gasteiger partial charge in [0.05, 0.1) is 16.8 Å². The van der Waals surface area contributed by atoms with Gasteiger partial charge in [0.25, 0.3) is 0 Å². The van der Waals surface area contributed by atoms with Gasteiger partial charge in [-0.2, -0.15) is 0 Å². The van der Waals surface area contributed by atoms with Gasteiger partial charge < -0.3 is 9.55 Å². The van der Waals surface area contributed by atoms with Crippen LogP contribution in [0.5, 0.6) is 0 Å². The molecular weight excluding hydrogens is 287 g/mol. The third-order valence-electron chi connectivity index (χ3n) is 2.95. The first-order valence-corrected chi connectivity index (χ1v) is 8.31. The first-order chi connectivity index (χ1) is 8.78. The summed E-state index contributed by atoms with van der Waals surface area (Å²) in [5.41, 5.74) is 1.98. The summed E-state index contributed by atoms with van der Waals surface area (Å²) in [5.74, 6) is -0.172. The van der Waals surface area contributed by atoms with Crippen LogP contribution in [-0.2, 0) is 16.4 Å². The fraction of sp³-hybridized carbons (Fsp3) is 0.417. The fourth-order valence-corrected chi connectivity index (χ4v) is 2.94. The molecule has 4 nitrogen and oxygen atoms in total. The van der Waals surface area contributed by atoms with E-state index in [2.05, 4.69) is 4.98 Å². The Morgan fingerprint density at radius 3 is 2.74 bits per heavy atom. The van der Waals surface area contributed by atoms with E-state index >= 15 is 0 Å². The van der Waals surface area contributed by atoms with Crippen LogP contribution in [0.2, 0.25) is 0 Å². The molecule has 0 unspecified atom stereocenters. The third-order valence-corrected chi connectivity index (χ3v) is 4.30. The van der Waals surface area contributed by atoms with Crippen LogP contribution in [0.1, 0.15) is 12.0 Å². The number of fused-ring (bicyclic) bond motifs is 1. The number of sulfone groups is 1. The molecule has 104 valence electrons. The van der Waals surface area contributed by atoms with E-state index in [9.17, 15) is 12.8 Å². The van der Waals surface area contributed by atoms with Gasteiger partial charge in [-0.05, 0) is 43.3 Å². The number of H-pyrrole nitrogens is 1. The second-order valence-corrected chi connectivity index (χ2v) is 7.33. The first-order valence-electron chi connectivity index (χ1n) is 5.84. The number of imidazole rings is 1. The molecule has 0 radical (unpaired) electrons. The number of aromatic nitrogens is 2. The topological polar surface area (TPSA) is 54.9 Å². The second kappa shape index (κ2) is 5.05. The Labute approximate surface area is 116 Å². The minimum absolute atomic E-state index is 0.113. The van der Waals surface area contributed by atoms with Gasteiger partial charge in [0.2, 0.25) is 0 Å². The van der Waals surface area contributed by atoms with Crippen molar-refractivity contribution in [2.75, 3.05) is 12.0 Å². The van der Waals surface area contributed by atoms with Crippen molar-refractivity contribution < 1.29 is 12.8 Å². The molecule has 0 fully saturated rings. The molecule has 0 aliphatic carbocycles. The average molecular weight is 302 g/mol. The highest BCUT2D eigenvalue weighted by Crippen LogP contribution is 2.19. The Morgan fingerprint density at radius 2 is 2.11 bits per heavy atom. The summed E-state index contributed by atoms with van der Waals surface area (Å²) in [6.07, 6.45) is 1.69. The molecule has 0 saturated heterocycles. The lowest BCUT2D eigenvalue weighted by molar-refractivity contribution is 0.592. The van der Waals surface area contributed by atoms with E-state index in [1.165, 1.54) is 12.3 Å². The lowest BCUT2D eigenvalue weighted by atomic mass is 10.2. The van der Waals surface area contributed by atoms with Crippen molar-refractivity contribution in [2.45, 2.75) is 19.9 Å². The average Bonchev–Trinajstić information content (AvgIpc) is 2.55. The quantitative estimate of drug-likeness (QED) is 0.883. The summed E-state index contributed by atoms with van der Waals surface area (Å²) in [5, 5.41) is 0. The fourth-order valence-electron chi connectivity index (χ4n) is 1.99. The summed E-state index contributed by atoms with van der Waals surface area (Å²) >= 11 is 5.18. The summed E-state index contributed by atoms with van der Waals surface area (Å²) in [7, 11) is -2.98. The van der Waals surface area contributed by atoms with Crippen LogP contribution in [0, 0.1) is 17.5 Å². The van der Waals surface area contributed by atoms with E-state index in [-0.39, 0.29) is 11.6 Å². The maximum absolute atomic E-state index is 13.5. The van der Waals surface area contributed by atoms with E-state index in [1.807, 2.05) is 4.57 Å². The molecule has 1 aromatic carbocycles. The van der Waals surface area contributed by atoms with Crippen molar-refractivity contribution >= 4 is 33.1 Å². The summed E-state index contributed by atoms with van der Waals surface area (Å²) in [6, 6.07) is 3.13. The van der Waals surface area contributed by atoms with Crippen molar-refractivity contribution in [3.8, 4) is 0 Å². The number of hydrogen-bond acceptors (Lipinski definition) is 3. The predicted molar refractivity (Wildman–Crippen MR) is 76.1 cm³/mol. The Bertz CT molecular complexity index is 775. The molecule has 0 spiro atoms. The van der Waals surface area contributed by atoms with E-state index in [1.54, 1.807) is 13.0 Å². The predicted octanol–water partition coefficient (Wildman–Crippen LogP) is 2.58. The highest BCUT2D eigenvalue weighted by molar-refractivity contribution is 7.90. The zero-order valence-electron chi connectivity index (χ0n) is 10.7. The monoisotopic (exact) mass is 302 g/mol. The number of nitrogens with zero attached hydrogens (tertiary/aromatic N) is 1. The molecule has 7 heteroatoms. The smallest absolute Gasteiger partial charge is 0.178 e. The standard InChI is InChI=1S/C12H15FN2O2S2/c1-8-6-11-10(7-9(8)13)14-12(18)15(11)4-3-5-19(2,16)17/h6-7H,3-5H2,1-2H3,(H,14,18). The molecule has 1 heterocycles. The molecule has 0 amide bonds. The van der Waals surface area contributed by atoms with Crippen LogP contribution < -0.4 is 0 Å². The first kappa shape index (κ1) is 14.2. The van der Waals surface area contributed by atoms with E-state index < -0.39 is 9.84 Å². The SMILES string of the molecule is Cc1cc2c(cc1F)[nH]c(=S)n2CCCS(C)(=O)=O. The Kier molecular flexibility index (Phi) is 3.78. The maximum Gasteiger partial charge on any atom is 0.178 e. The van der Waals surface area contributed by atoms with Crippen LogP contribution in [0.4, 0.5) is 4.39 Å². The van der Waals surface area contributed by atoms with Crippen LogP contribution >= 0.6 is 12.2 Å². The second-order valence-electron chi connectivity index (χ2n) is 4.68. The summed E-state index contributed by atoms with van der Waals surface area (Å²) < 4.78 is 38.0. The largest absolute Gasteiger partial charge is 0.330 e. The van der Waals surface area contributed by atoms with Gasteiger partial charge in [-0.25, -0.2) is 12.8 Å². The molecular formula is C12H15FN2O2S2. The molecule has 0 bridgehead atoms. The van der Waals surface area contributed by atoms with E-state index in [0.717, 1.165) is 5.52 Å². The molecule has 0 saturated carbocycles. The molecule has 0 aliphatic heterocycles. The van der Waals surface area contributed by atoms with Crippen molar-refractivity contribution in [1.82, 2.24) is 9.55 Å². The number of aryl methyl sites for hydroxylation is 2. The zero-order chi connectivity index (χ0) is 14.2. The van der Waals surface area contributed by atoms with Gasteiger partial charge in [0, 0.05) is 12.8 Å². The molecule has 2 aromatic rings. The Morgan fingerprint density at radius 1 is 1.42 bits per heavy atom. The van der Waals surface area contributed by atoms with Crippen LogP contribution in [0.3, 0.4) is 0 Å². The molecule has 0 aliphatic rings. The number of hydrogen-bond donors (Lipinski definition) is 1. The van der Waals surface area contributed by atoms with Crippen LogP contribution in [-0.4, -0.2) is 30.0 Å². The summed E-state index contributed by atoms with van der Waals surface area (Å²) in [4.78, 5) is 2.93. The van der Waals surface area contributed by atoms with Gasteiger partial charge in [-0.1, -0.05) is 0 Å². The van der Waals surface area contributed by atoms with Gasteiger partial charge in [-0.15, -0.1) is 0 Å². The highest BCUT2D eigenvalue weighted by atomic mass is 32.2. The van der Waals surface area contributed by atoms with Gasteiger partial charge in [-0.3, -0.25) is 0 Å². The number of benzene rings is 1. The van der Waals surface area contributed by atoms with Crippen LogP contribution in [0.25, 0.3) is 11.0 Å². The minimum atomic E-state index is -2.98. The minimum Gasteiger partial charge on any atom is -0.330 e. The lowest BCUT2D eigenvalue weighted by Gasteiger charge is -2.05. The normalized spacial score (nSPS) is 12.2. The lowest BCUT2D eigenvalue weighted by Crippen LogP contribution is -2.07. The number of nitrogens with one attached hydrogen (secondary N) is 1. The number of aromatic amines is 1. The van der Waals surface area contributed by atoms with Gasteiger partial charge >= 0.3 is 0 Å². The van der Waals surface area contributed by atoms with Crippen LogP contribution in [0.15, 0.2) is 12.1 Å². The van der Waals surface area contributed by atoms with Crippen molar-refractivity contribution in [2.24, 2.45) is 0 Å². The van der Waals surface area contributed by atoms with Gasteiger partial charge in [0.15, 0.2) is 4.77 Å². The highest BCUT2D eigenvalue weighted by Gasteiger charge is 2.09. The maximum atomic E-state index is 13.5. The molecule has 19 heavy (non-hydrogen) atoms. The van der Waals surface area contributed by atoms with Crippen molar-refractivity contribution in [3.05, 3.63) is 28.3 Å². The molecule has 0 atom stereocenters. The van der Waals surface area contributed by atoms with Gasteiger partial charge in [0.1, 0.15) is 15.7 Å². The number of halogens is 1. The van der Waals surface area contributed by atoms with Crippen molar-refractivity contribution in [1.29, 1.82) is 0 Å². The van der Waals surface area contributed by atoms with E-state index in [4.69, 9.17) is 12.2 Å². The van der Waals surface area contributed by atoms with Crippen molar-refractivity contribution in [3.63, 3.8) is 0 Å². The molecule has 2 rings (SSSR count). The Hall–Kier alpha value is -1.21. The zero-order valence-corrected chi connectivity index (χ0v) is 12.4. The summed E-state index contributed by atoms with van der Waals surface area (Å²) in [6.45, 7) is 2.18. The molecule has 1 aromatic heterocycles. The third kappa shape index (κ3) is 3.22. The van der Waals surface area contributed by atoms with E-state index in [0.29, 0.717) is 28.8 Å².